The van der Waals surface area contributed by atoms with Gasteiger partial charge in [0.15, 0.2) is 0 Å². The zero-order chi connectivity index (χ0) is 22.2. The molecule has 1 aromatic rings. The maximum absolute atomic E-state index is 12.1. The summed E-state index contributed by atoms with van der Waals surface area (Å²) in [6.45, 7) is 0.386. The summed E-state index contributed by atoms with van der Waals surface area (Å²) in [6, 6.07) is 5.17. The van der Waals surface area contributed by atoms with E-state index in [1.165, 1.54) is 29.2 Å². The van der Waals surface area contributed by atoms with Crippen LogP contribution in [0, 0.1) is 10.1 Å². The Bertz CT molecular complexity index is 753. The minimum atomic E-state index is -5.08. The number of alkyl halides is 3. The highest BCUT2D eigenvalue weighted by Gasteiger charge is 2.38. The number of amides is 1. The number of nitro groups is 1. The molecule has 2 rings (SSSR count). The molecule has 0 saturated carbocycles. The van der Waals surface area contributed by atoms with E-state index in [9.17, 15) is 32.9 Å². The first-order valence-electron chi connectivity index (χ1n) is 8.17. The van der Waals surface area contributed by atoms with Gasteiger partial charge in [-0.05, 0) is 30.5 Å². The predicted molar refractivity (Wildman–Crippen MR) is 90.4 cm³/mol. The molecule has 0 unspecified atom stereocenters. The zero-order valence-corrected chi connectivity index (χ0v) is 14.9. The SMILES string of the molecule is NCC(=O)N1CCC[C@H]1C(=O)OCc1ccc([N+](=O)[O-])cc1.O=C(O)C(F)(F)F. The highest BCUT2D eigenvalue weighted by atomic mass is 19.4. The normalized spacial score (nSPS) is 15.9. The molecule has 1 aromatic carbocycles. The van der Waals surface area contributed by atoms with Crippen molar-refractivity contribution in [3.63, 3.8) is 0 Å². The molecule has 1 aliphatic heterocycles. The number of carbonyl (C=O) groups excluding carboxylic acids is 2. The molecule has 0 aromatic heterocycles. The van der Waals surface area contributed by atoms with Gasteiger partial charge in [-0.25, -0.2) is 9.59 Å². The number of ether oxygens (including phenoxy) is 1. The lowest BCUT2D eigenvalue weighted by atomic mass is 10.2. The standard InChI is InChI=1S/C14H17N3O5.C2HF3O2/c15-8-13(18)16-7-1-2-12(16)14(19)22-9-10-3-5-11(6-4-10)17(20)21;3-2(4,5)1(6)7/h3-6,12H,1-2,7-9,15H2;(H,6,7)/t12-;/m0./s1. The van der Waals surface area contributed by atoms with Gasteiger partial charge in [0, 0.05) is 18.7 Å². The Morgan fingerprint density at radius 3 is 2.28 bits per heavy atom. The second-order valence-corrected chi connectivity index (χ2v) is 5.78. The Balaban J connectivity index is 0.000000516. The number of non-ortho nitro benzene ring substituents is 1. The smallest absolute Gasteiger partial charge is 0.475 e. The van der Waals surface area contributed by atoms with Gasteiger partial charge in [-0.1, -0.05) is 0 Å². The number of rotatable bonds is 5. The van der Waals surface area contributed by atoms with Crippen LogP contribution in [-0.4, -0.2) is 58.1 Å². The molecule has 13 heteroatoms. The molecule has 29 heavy (non-hydrogen) atoms. The minimum absolute atomic E-state index is 0.0119. The van der Waals surface area contributed by atoms with E-state index >= 15 is 0 Å². The molecular weight excluding hydrogens is 403 g/mol. The Labute approximate surface area is 162 Å². The van der Waals surface area contributed by atoms with E-state index in [2.05, 4.69) is 0 Å². The number of nitro benzene ring substituents is 1. The van der Waals surface area contributed by atoms with Crippen molar-refractivity contribution in [2.24, 2.45) is 5.73 Å². The number of carboxylic acids is 1. The van der Waals surface area contributed by atoms with Crippen molar-refractivity contribution in [3.8, 4) is 0 Å². The molecule has 0 aliphatic carbocycles. The first kappa shape index (κ1) is 23.8. The molecule has 1 fully saturated rings. The Morgan fingerprint density at radius 1 is 1.28 bits per heavy atom. The number of halogens is 3. The van der Waals surface area contributed by atoms with Gasteiger partial charge in [0.1, 0.15) is 12.6 Å². The van der Waals surface area contributed by atoms with Gasteiger partial charge < -0.3 is 20.5 Å². The molecular formula is C16H18F3N3O7. The molecule has 0 radical (unpaired) electrons. The number of nitrogens with two attached hydrogens (primary N) is 1. The van der Waals surface area contributed by atoms with E-state index in [-0.39, 0.29) is 24.7 Å². The Morgan fingerprint density at radius 2 is 1.83 bits per heavy atom. The number of carbonyl (C=O) groups is 3. The molecule has 0 bridgehead atoms. The first-order valence-corrected chi connectivity index (χ1v) is 8.17. The molecule has 0 spiro atoms. The second-order valence-electron chi connectivity index (χ2n) is 5.78. The number of carboxylic acid groups (broad SMARTS) is 1. The second kappa shape index (κ2) is 10.4. The lowest BCUT2D eigenvalue weighted by Crippen LogP contribution is -2.44. The van der Waals surface area contributed by atoms with Crippen molar-refractivity contribution in [2.45, 2.75) is 31.7 Å². The quantitative estimate of drug-likeness (QED) is 0.409. The van der Waals surface area contributed by atoms with Crippen molar-refractivity contribution in [1.29, 1.82) is 0 Å². The summed E-state index contributed by atoms with van der Waals surface area (Å²) in [5.41, 5.74) is 5.94. The average molecular weight is 421 g/mol. The van der Waals surface area contributed by atoms with E-state index in [1.807, 2.05) is 0 Å². The van der Waals surface area contributed by atoms with Crippen molar-refractivity contribution >= 4 is 23.5 Å². The summed E-state index contributed by atoms with van der Waals surface area (Å²) < 4.78 is 36.9. The highest BCUT2D eigenvalue weighted by Crippen LogP contribution is 2.19. The molecule has 1 heterocycles. The number of aliphatic carboxylic acids is 1. The highest BCUT2D eigenvalue weighted by molar-refractivity contribution is 5.86. The monoisotopic (exact) mass is 421 g/mol. The van der Waals surface area contributed by atoms with Crippen LogP contribution in [0.4, 0.5) is 18.9 Å². The fraction of sp³-hybridized carbons (Fsp3) is 0.438. The van der Waals surface area contributed by atoms with Crippen LogP contribution >= 0.6 is 0 Å². The van der Waals surface area contributed by atoms with Gasteiger partial charge in [0.05, 0.1) is 11.5 Å². The van der Waals surface area contributed by atoms with Crippen LogP contribution in [0.3, 0.4) is 0 Å². The topological polar surface area (TPSA) is 153 Å². The third-order valence-electron chi connectivity index (χ3n) is 3.79. The van der Waals surface area contributed by atoms with Crippen LogP contribution < -0.4 is 5.73 Å². The maximum atomic E-state index is 12.1. The number of hydrogen-bond donors (Lipinski definition) is 2. The van der Waals surface area contributed by atoms with Crippen molar-refractivity contribution in [2.75, 3.05) is 13.1 Å². The van der Waals surface area contributed by atoms with Gasteiger partial charge in [0.2, 0.25) is 5.91 Å². The summed E-state index contributed by atoms with van der Waals surface area (Å²) >= 11 is 0. The van der Waals surface area contributed by atoms with Gasteiger partial charge in [-0.2, -0.15) is 13.2 Å². The summed E-state index contributed by atoms with van der Waals surface area (Å²) in [7, 11) is 0. The first-order chi connectivity index (χ1) is 13.5. The lowest BCUT2D eigenvalue weighted by Gasteiger charge is -2.22. The third kappa shape index (κ3) is 7.37. The van der Waals surface area contributed by atoms with Crippen molar-refractivity contribution in [1.82, 2.24) is 4.90 Å². The van der Waals surface area contributed by atoms with Crippen LogP contribution in [-0.2, 0) is 25.7 Å². The van der Waals surface area contributed by atoms with Gasteiger partial charge in [0.25, 0.3) is 5.69 Å². The molecule has 1 saturated heterocycles. The summed E-state index contributed by atoms with van der Waals surface area (Å²) in [6.07, 6.45) is -3.78. The van der Waals surface area contributed by atoms with Crippen LogP contribution in [0.2, 0.25) is 0 Å². The number of likely N-dealkylation sites (tertiary alicyclic amines) is 1. The summed E-state index contributed by atoms with van der Waals surface area (Å²) in [5.74, 6) is -3.50. The van der Waals surface area contributed by atoms with E-state index in [4.69, 9.17) is 20.4 Å². The van der Waals surface area contributed by atoms with Crippen molar-refractivity contribution < 1.29 is 42.3 Å². The molecule has 3 N–H and O–H groups in total. The molecule has 1 amide bonds. The summed E-state index contributed by atoms with van der Waals surface area (Å²) in [5, 5.41) is 17.7. The van der Waals surface area contributed by atoms with Gasteiger partial charge >= 0.3 is 18.1 Å². The average Bonchev–Trinajstić information content (AvgIpc) is 3.15. The van der Waals surface area contributed by atoms with Crippen molar-refractivity contribution in [3.05, 3.63) is 39.9 Å². The van der Waals surface area contributed by atoms with E-state index < -0.39 is 29.1 Å². The maximum Gasteiger partial charge on any atom is 0.490 e. The predicted octanol–water partition coefficient (Wildman–Crippen LogP) is 1.22. The lowest BCUT2D eigenvalue weighted by molar-refractivity contribution is -0.384. The largest absolute Gasteiger partial charge is 0.490 e. The zero-order valence-electron chi connectivity index (χ0n) is 14.9. The number of hydrogen-bond acceptors (Lipinski definition) is 7. The van der Waals surface area contributed by atoms with E-state index in [0.29, 0.717) is 18.5 Å². The number of nitrogens with zero attached hydrogens (tertiary/aromatic N) is 2. The number of esters is 1. The third-order valence-corrected chi connectivity index (χ3v) is 3.79. The van der Waals surface area contributed by atoms with Crippen LogP contribution in [0.5, 0.6) is 0 Å². The van der Waals surface area contributed by atoms with Gasteiger partial charge in [-0.15, -0.1) is 0 Å². The minimum Gasteiger partial charge on any atom is -0.475 e. The molecule has 160 valence electrons. The fourth-order valence-corrected chi connectivity index (χ4v) is 2.39. The number of benzene rings is 1. The summed E-state index contributed by atoms with van der Waals surface area (Å²) in [4.78, 5) is 44.1. The fourth-order valence-electron chi connectivity index (χ4n) is 2.39. The molecule has 1 atom stereocenters. The van der Waals surface area contributed by atoms with E-state index in [1.54, 1.807) is 0 Å². The van der Waals surface area contributed by atoms with E-state index in [0.717, 1.165) is 6.42 Å². The van der Waals surface area contributed by atoms with Crippen LogP contribution in [0.15, 0.2) is 24.3 Å². The van der Waals surface area contributed by atoms with Crippen LogP contribution in [0.1, 0.15) is 18.4 Å². The van der Waals surface area contributed by atoms with Crippen LogP contribution in [0.25, 0.3) is 0 Å². The molecule has 1 aliphatic rings. The molecule has 10 nitrogen and oxygen atoms in total. The Kier molecular flexibility index (Phi) is 8.51. The Hall–Kier alpha value is -3.22. The van der Waals surface area contributed by atoms with Gasteiger partial charge in [-0.3, -0.25) is 14.9 Å².